The maximum atomic E-state index is 14.3. The highest BCUT2D eigenvalue weighted by Crippen LogP contribution is 2.56. The van der Waals surface area contributed by atoms with Gasteiger partial charge in [-0.15, -0.1) is 0 Å². The van der Waals surface area contributed by atoms with E-state index < -0.39 is 46.4 Å². The van der Waals surface area contributed by atoms with E-state index in [-0.39, 0.29) is 28.4 Å². The number of ketones is 1. The Morgan fingerprint density at radius 3 is 2.44 bits per heavy atom. The summed E-state index contributed by atoms with van der Waals surface area (Å²) >= 11 is 0. The van der Waals surface area contributed by atoms with E-state index in [1.165, 1.54) is 5.56 Å². The van der Waals surface area contributed by atoms with E-state index in [9.17, 15) is 30.0 Å². The standard InChI is InChI=1S/C35H44N3O6P/c1-34(2)10-12-38(13-11-34)17-18-6-5-7-19(14-18)21-8-9-24(39)26-22(21)15-20-16-23-27(31(41)25(20)30(26)40)35(44,45)28(33(36)43)32(42)29(23)37(3)4/h5-9,14,20,23,27,29,39-40,42,44H,10-13,15-17,45H2,1-4H3,(H2,36,43)/t20?,23?,27?,29-,35?/m0/s1. The van der Waals surface area contributed by atoms with Crippen molar-refractivity contribution in [1.82, 2.24) is 9.80 Å². The van der Waals surface area contributed by atoms with Gasteiger partial charge in [-0.25, -0.2) is 0 Å². The molecule has 1 aliphatic heterocycles. The van der Waals surface area contributed by atoms with Crippen molar-refractivity contribution in [3.05, 3.63) is 70.0 Å². The first kappa shape index (κ1) is 31.7. The molecule has 1 saturated heterocycles. The van der Waals surface area contributed by atoms with Gasteiger partial charge in [-0.3, -0.25) is 19.4 Å². The zero-order valence-electron chi connectivity index (χ0n) is 26.4. The quantitative estimate of drug-likeness (QED) is 0.309. The third-order valence-corrected chi connectivity index (χ3v) is 11.3. The molecule has 1 saturated carbocycles. The molecule has 45 heavy (non-hydrogen) atoms. The number of allylic oxidation sites excluding steroid dienone is 1. The number of aromatic hydroxyl groups is 1. The number of hydrogen-bond acceptors (Lipinski definition) is 8. The average molecular weight is 634 g/mol. The Balaban J connectivity index is 1.40. The third-order valence-electron chi connectivity index (χ3n) is 10.6. The van der Waals surface area contributed by atoms with Gasteiger partial charge in [0.2, 0.25) is 0 Å². The number of primary amides is 1. The molecule has 240 valence electrons. The van der Waals surface area contributed by atoms with E-state index in [2.05, 4.69) is 40.1 Å². The Bertz CT molecular complexity index is 1630. The van der Waals surface area contributed by atoms with Gasteiger partial charge in [0.15, 0.2) is 5.78 Å². The summed E-state index contributed by atoms with van der Waals surface area (Å²) in [6.07, 6.45) is 3.05. The molecular weight excluding hydrogens is 589 g/mol. The number of likely N-dealkylation sites (tertiary alicyclic amines) is 1. The van der Waals surface area contributed by atoms with Crippen LogP contribution in [0.2, 0.25) is 0 Å². The number of rotatable bonds is 5. The van der Waals surface area contributed by atoms with Gasteiger partial charge in [-0.05, 0) is 105 Å². The number of Topliss-reactive ketones (excluding diaryl/α,β-unsaturated/α-hetero) is 1. The Labute approximate surface area is 266 Å². The van der Waals surface area contributed by atoms with Crippen LogP contribution < -0.4 is 5.73 Å². The van der Waals surface area contributed by atoms with E-state index >= 15 is 0 Å². The number of nitrogens with two attached hydrogens (primary N) is 1. The van der Waals surface area contributed by atoms with Crippen LogP contribution in [0.15, 0.2) is 53.3 Å². The first-order chi connectivity index (χ1) is 21.1. The van der Waals surface area contributed by atoms with Gasteiger partial charge in [0.1, 0.15) is 22.6 Å². The minimum Gasteiger partial charge on any atom is -0.510 e. The zero-order valence-corrected chi connectivity index (χ0v) is 27.5. The lowest BCUT2D eigenvalue weighted by Crippen LogP contribution is -2.60. The maximum absolute atomic E-state index is 14.3. The molecule has 0 bridgehead atoms. The lowest BCUT2D eigenvalue weighted by atomic mass is 9.58. The highest BCUT2D eigenvalue weighted by molar-refractivity contribution is 7.19. The number of phenolic OH excluding ortho intramolecular Hbond substituents is 1. The molecule has 2 aromatic rings. The van der Waals surface area contributed by atoms with E-state index in [0.29, 0.717) is 18.3 Å². The topological polar surface area (TPSA) is 148 Å². The molecule has 0 aromatic heterocycles. The fourth-order valence-electron chi connectivity index (χ4n) is 8.32. The summed E-state index contributed by atoms with van der Waals surface area (Å²) in [7, 11) is 5.62. The zero-order chi connectivity index (χ0) is 32.6. The van der Waals surface area contributed by atoms with Crippen molar-refractivity contribution in [3.8, 4) is 16.9 Å². The summed E-state index contributed by atoms with van der Waals surface area (Å²) in [5.74, 6) is -4.50. The van der Waals surface area contributed by atoms with Crippen LogP contribution in [-0.4, -0.2) is 80.5 Å². The summed E-state index contributed by atoms with van der Waals surface area (Å²) in [5, 5.41) is 43.3. The molecule has 6 rings (SSSR count). The van der Waals surface area contributed by atoms with Gasteiger partial charge >= 0.3 is 0 Å². The predicted molar refractivity (Wildman–Crippen MR) is 176 cm³/mol. The van der Waals surface area contributed by atoms with Crippen LogP contribution in [0.4, 0.5) is 0 Å². The SMILES string of the molecule is CN(C)[C@@H]1C(O)=C(C(N)=O)C(O)(P)C2C(=O)C3=C(O)c4c(O)ccc(-c5cccc(CN6CCC(C)(C)CC6)c5)c4CC3CC21. The van der Waals surface area contributed by atoms with Crippen molar-refractivity contribution in [1.29, 1.82) is 0 Å². The Morgan fingerprint density at radius 1 is 1.11 bits per heavy atom. The number of phenols is 1. The van der Waals surface area contributed by atoms with Gasteiger partial charge in [0, 0.05) is 12.1 Å². The molecule has 9 nitrogen and oxygen atoms in total. The van der Waals surface area contributed by atoms with Crippen LogP contribution in [-0.2, 0) is 22.6 Å². The number of aliphatic hydroxyl groups is 3. The fraction of sp³-hybridized carbons (Fsp3) is 0.486. The van der Waals surface area contributed by atoms with Gasteiger partial charge in [0.25, 0.3) is 5.91 Å². The smallest absolute Gasteiger partial charge is 0.251 e. The van der Waals surface area contributed by atoms with Crippen molar-refractivity contribution in [2.75, 3.05) is 27.2 Å². The normalized spacial score (nSPS) is 29.8. The molecule has 6 atom stereocenters. The molecule has 6 N–H and O–H groups in total. The number of hydrogen-bond donors (Lipinski definition) is 5. The minimum atomic E-state index is -2.13. The molecule has 10 heteroatoms. The minimum absolute atomic E-state index is 0.126. The van der Waals surface area contributed by atoms with E-state index in [0.717, 1.165) is 49.2 Å². The van der Waals surface area contributed by atoms with Crippen molar-refractivity contribution in [3.63, 3.8) is 0 Å². The molecule has 5 unspecified atom stereocenters. The lowest BCUT2D eigenvalue weighted by molar-refractivity contribution is -0.133. The van der Waals surface area contributed by atoms with Crippen LogP contribution >= 0.6 is 9.24 Å². The van der Waals surface area contributed by atoms with Gasteiger partial charge in [-0.2, -0.15) is 0 Å². The third kappa shape index (κ3) is 5.28. The van der Waals surface area contributed by atoms with Crippen LogP contribution in [0.5, 0.6) is 5.75 Å². The molecular formula is C35H44N3O6P. The lowest BCUT2D eigenvalue weighted by Gasteiger charge is -2.52. The largest absolute Gasteiger partial charge is 0.510 e. The van der Waals surface area contributed by atoms with E-state index in [1.807, 2.05) is 18.2 Å². The Kier molecular flexibility index (Phi) is 7.92. The summed E-state index contributed by atoms with van der Waals surface area (Å²) in [6, 6.07) is 11.0. The van der Waals surface area contributed by atoms with Gasteiger partial charge in [-0.1, -0.05) is 47.4 Å². The number of piperidine rings is 1. The molecule has 4 aliphatic rings. The molecule has 0 spiro atoms. The second kappa shape index (κ2) is 11.2. The average Bonchev–Trinajstić information content (AvgIpc) is 2.93. The van der Waals surface area contributed by atoms with Crippen LogP contribution in [0.3, 0.4) is 0 Å². The number of benzene rings is 2. The number of fused-ring (bicyclic) bond motifs is 3. The number of nitrogens with zero attached hydrogens (tertiary/aromatic N) is 2. The molecule has 1 heterocycles. The van der Waals surface area contributed by atoms with E-state index in [4.69, 9.17) is 5.73 Å². The van der Waals surface area contributed by atoms with Crippen molar-refractivity contribution in [2.45, 2.75) is 57.5 Å². The molecule has 2 aromatic carbocycles. The summed E-state index contributed by atoms with van der Waals surface area (Å²) in [4.78, 5) is 30.9. The predicted octanol–water partition coefficient (Wildman–Crippen LogP) is 4.13. The Hall–Kier alpha value is -3.23. The maximum Gasteiger partial charge on any atom is 0.251 e. The summed E-state index contributed by atoms with van der Waals surface area (Å²) in [6.45, 7) is 7.59. The number of likely N-dealkylation sites (N-methyl/N-ethyl adjacent to an activating group) is 1. The summed E-state index contributed by atoms with van der Waals surface area (Å²) in [5.41, 5.74) is 9.66. The monoisotopic (exact) mass is 633 g/mol. The fourth-order valence-corrected chi connectivity index (χ4v) is 9.00. The highest BCUT2D eigenvalue weighted by atomic mass is 31.0. The summed E-state index contributed by atoms with van der Waals surface area (Å²) < 4.78 is 0. The number of aliphatic hydroxyl groups excluding tert-OH is 2. The van der Waals surface area contributed by atoms with Crippen molar-refractivity contribution < 1.29 is 30.0 Å². The van der Waals surface area contributed by atoms with Crippen LogP contribution in [0, 0.1) is 23.2 Å². The number of carbonyl (C=O) groups excluding carboxylic acids is 2. The van der Waals surface area contributed by atoms with Gasteiger partial charge in [0.05, 0.1) is 23.1 Å². The first-order valence-corrected chi connectivity index (χ1v) is 16.3. The highest BCUT2D eigenvalue weighted by Gasteiger charge is 2.60. The number of carbonyl (C=O) groups is 2. The second-order valence-electron chi connectivity index (χ2n) is 14.4. The van der Waals surface area contributed by atoms with Crippen LogP contribution in [0.25, 0.3) is 16.9 Å². The number of amides is 1. The van der Waals surface area contributed by atoms with E-state index in [1.54, 1.807) is 25.1 Å². The van der Waals surface area contributed by atoms with Gasteiger partial charge < -0.3 is 26.2 Å². The molecule has 0 radical (unpaired) electrons. The molecule has 1 amide bonds. The molecule has 2 fully saturated rings. The second-order valence-corrected chi connectivity index (χ2v) is 15.3. The first-order valence-electron chi connectivity index (χ1n) is 15.7. The van der Waals surface area contributed by atoms with Crippen LogP contribution in [0.1, 0.15) is 49.8 Å². The Morgan fingerprint density at radius 2 is 1.80 bits per heavy atom. The van der Waals surface area contributed by atoms with Crippen molar-refractivity contribution >= 4 is 26.7 Å². The van der Waals surface area contributed by atoms with Crippen molar-refractivity contribution in [2.24, 2.45) is 28.9 Å². The molecule has 3 aliphatic carbocycles.